The van der Waals surface area contributed by atoms with Crippen molar-refractivity contribution in [3.8, 4) is 5.75 Å². The predicted molar refractivity (Wildman–Crippen MR) is 84.3 cm³/mol. The number of carbonyl (C=O) groups is 1. The van der Waals surface area contributed by atoms with Crippen molar-refractivity contribution >= 4 is 28.8 Å². The van der Waals surface area contributed by atoms with E-state index in [1.54, 1.807) is 7.11 Å². The summed E-state index contributed by atoms with van der Waals surface area (Å²) in [5.74, 6) is -0.0954. The Balaban J connectivity index is 2.58. The molecule has 1 aromatic heterocycles. The van der Waals surface area contributed by atoms with Crippen LogP contribution >= 0.6 is 11.8 Å². The van der Waals surface area contributed by atoms with E-state index >= 15 is 0 Å². The lowest BCUT2D eigenvalue weighted by molar-refractivity contribution is -0.133. The molecular weight excluding hydrogens is 288 g/mol. The first-order valence-corrected chi connectivity index (χ1v) is 7.79. The number of imidazole rings is 1. The van der Waals surface area contributed by atoms with E-state index in [-0.39, 0.29) is 11.3 Å². The molecule has 0 fully saturated rings. The van der Waals surface area contributed by atoms with E-state index in [0.717, 1.165) is 28.4 Å². The molecule has 5 nitrogen and oxygen atoms in total. The lowest BCUT2D eigenvalue weighted by Gasteiger charge is -2.27. The monoisotopic (exact) mass is 308 g/mol. The third-order valence-electron chi connectivity index (χ3n) is 3.63. The Morgan fingerprint density at radius 2 is 2.19 bits per heavy atom. The highest BCUT2D eigenvalue weighted by Crippen LogP contribution is 2.33. The molecule has 2 aromatic rings. The molecule has 0 aliphatic carbocycles. The van der Waals surface area contributed by atoms with E-state index < -0.39 is 5.97 Å². The second-order valence-corrected chi connectivity index (χ2v) is 6.38. The molecular formula is C15H20N2O3S. The van der Waals surface area contributed by atoms with Crippen LogP contribution in [0.15, 0.2) is 23.4 Å². The molecule has 0 radical (unpaired) electrons. The van der Waals surface area contributed by atoms with Crippen LogP contribution in [0.3, 0.4) is 0 Å². The van der Waals surface area contributed by atoms with Crippen LogP contribution in [0.1, 0.15) is 27.2 Å². The van der Waals surface area contributed by atoms with Crippen LogP contribution in [0.25, 0.3) is 11.0 Å². The van der Waals surface area contributed by atoms with Gasteiger partial charge in [0.05, 0.1) is 23.9 Å². The third kappa shape index (κ3) is 3.15. The number of ether oxygens (including phenoxy) is 1. The van der Waals surface area contributed by atoms with Crippen molar-refractivity contribution in [2.24, 2.45) is 0 Å². The number of fused-ring (bicyclic) bond motifs is 1. The molecule has 0 saturated heterocycles. The molecule has 0 aliphatic heterocycles. The lowest BCUT2D eigenvalue weighted by Crippen LogP contribution is -2.26. The molecule has 21 heavy (non-hydrogen) atoms. The van der Waals surface area contributed by atoms with Crippen LogP contribution < -0.4 is 4.74 Å². The van der Waals surface area contributed by atoms with Gasteiger partial charge in [-0.1, -0.05) is 18.7 Å². The Hall–Kier alpha value is -1.69. The molecule has 0 atom stereocenters. The summed E-state index contributed by atoms with van der Waals surface area (Å²) in [6, 6.07) is 5.75. The van der Waals surface area contributed by atoms with Gasteiger partial charge in [0.15, 0.2) is 5.16 Å². The highest BCUT2D eigenvalue weighted by Gasteiger charge is 2.25. The number of carboxylic acid groups (broad SMARTS) is 1. The fraction of sp³-hybridized carbons (Fsp3) is 0.467. The number of aliphatic carboxylic acids is 1. The van der Waals surface area contributed by atoms with Crippen LogP contribution in [-0.4, -0.2) is 33.5 Å². The number of hydrogen-bond acceptors (Lipinski definition) is 4. The van der Waals surface area contributed by atoms with Gasteiger partial charge in [0.2, 0.25) is 0 Å². The molecule has 0 aliphatic rings. The minimum absolute atomic E-state index is 0.000249. The molecule has 0 spiro atoms. The zero-order valence-corrected chi connectivity index (χ0v) is 13.5. The zero-order valence-electron chi connectivity index (χ0n) is 12.7. The standard InChI is InChI=1S/C15H20N2O3S/c1-5-15(2,3)17-12-7-6-10(20-4)8-11(12)16-14(17)21-9-13(18)19/h6-8H,5,9H2,1-4H3,(H,18,19). The van der Waals surface area contributed by atoms with E-state index in [1.165, 1.54) is 11.8 Å². The lowest BCUT2D eigenvalue weighted by atomic mass is 10.0. The summed E-state index contributed by atoms with van der Waals surface area (Å²) in [7, 11) is 1.62. The molecule has 6 heteroatoms. The van der Waals surface area contributed by atoms with Gasteiger partial charge >= 0.3 is 5.97 Å². The molecule has 1 aromatic carbocycles. The van der Waals surface area contributed by atoms with Crippen molar-refractivity contribution in [1.82, 2.24) is 9.55 Å². The quantitative estimate of drug-likeness (QED) is 0.829. The molecule has 1 heterocycles. The van der Waals surface area contributed by atoms with E-state index in [9.17, 15) is 4.79 Å². The predicted octanol–water partition coefficient (Wildman–Crippen LogP) is 3.37. The first-order valence-electron chi connectivity index (χ1n) is 6.80. The average molecular weight is 308 g/mol. The van der Waals surface area contributed by atoms with Crippen LogP contribution in [0, 0.1) is 0 Å². The summed E-state index contributed by atoms with van der Waals surface area (Å²) >= 11 is 1.25. The van der Waals surface area contributed by atoms with Gasteiger partial charge < -0.3 is 14.4 Å². The Kier molecular flexibility index (Phi) is 4.46. The van der Waals surface area contributed by atoms with Gasteiger partial charge in [-0.3, -0.25) is 4.79 Å². The Labute approximate surface area is 128 Å². The summed E-state index contributed by atoms with van der Waals surface area (Å²) < 4.78 is 7.35. The maximum atomic E-state index is 10.8. The fourth-order valence-electron chi connectivity index (χ4n) is 2.13. The molecule has 0 unspecified atom stereocenters. The van der Waals surface area contributed by atoms with Gasteiger partial charge in [0.25, 0.3) is 0 Å². The Morgan fingerprint density at radius 3 is 2.76 bits per heavy atom. The minimum Gasteiger partial charge on any atom is -0.497 e. The topological polar surface area (TPSA) is 64.4 Å². The number of aromatic nitrogens is 2. The van der Waals surface area contributed by atoms with Crippen molar-refractivity contribution in [3.05, 3.63) is 18.2 Å². The van der Waals surface area contributed by atoms with Gasteiger partial charge in [-0.15, -0.1) is 0 Å². The maximum Gasteiger partial charge on any atom is 0.313 e. The number of nitrogens with zero attached hydrogens (tertiary/aromatic N) is 2. The van der Waals surface area contributed by atoms with E-state index in [0.29, 0.717) is 0 Å². The fourth-order valence-corrected chi connectivity index (χ4v) is 3.02. The number of rotatable bonds is 6. The zero-order chi connectivity index (χ0) is 15.6. The summed E-state index contributed by atoms with van der Waals surface area (Å²) in [5, 5.41) is 9.63. The van der Waals surface area contributed by atoms with Crippen molar-refractivity contribution in [3.63, 3.8) is 0 Å². The highest BCUT2D eigenvalue weighted by molar-refractivity contribution is 7.99. The number of methoxy groups -OCH3 is 1. The van der Waals surface area contributed by atoms with Gasteiger partial charge in [0, 0.05) is 11.6 Å². The smallest absolute Gasteiger partial charge is 0.313 e. The average Bonchev–Trinajstić information content (AvgIpc) is 2.82. The number of carboxylic acids is 1. The number of hydrogen-bond donors (Lipinski definition) is 1. The molecule has 0 bridgehead atoms. The van der Waals surface area contributed by atoms with E-state index in [2.05, 4.69) is 30.3 Å². The second-order valence-electron chi connectivity index (χ2n) is 5.43. The maximum absolute atomic E-state index is 10.8. The van der Waals surface area contributed by atoms with Crippen molar-refractivity contribution < 1.29 is 14.6 Å². The second kappa shape index (κ2) is 5.97. The normalized spacial score (nSPS) is 11.8. The largest absolute Gasteiger partial charge is 0.497 e. The highest BCUT2D eigenvalue weighted by atomic mass is 32.2. The van der Waals surface area contributed by atoms with Gasteiger partial charge in [0.1, 0.15) is 5.75 Å². The SMILES string of the molecule is CCC(C)(C)n1c(SCC(=O)O)nc2cc(OC)ccc21. The minimum atomic E-state index is -0.842. The molecule has 2 rings (SSSR count). The first-order chi connectivity index (χ1) is 9.89. The van der Waals surface area contributed by atoms with Crippen molar-refractivity contribution in [2.45, 2.75) is 37.9 Å². The van der Waals surface area contributed by atoms with E-state index in [4.69, 9.17) is 9.84 Å². The molecule has 1 N–H and O–H groups in total. The summed E-state index contributed by atoms with van der Waals surface area (Å²) in [6.07, 6.45) is 0.922. The van der Waals surface area contributed by atoms with Gasteiger partial charge in [-0.05, 0) is 32.4 Å². The van der Waals surface area contributed by atoms with Crippen molar-refractivity contribution in [2.75, 3.05) is 12.9 Å². The Bertz CT molecular complexity index is 664. The summed E-state index contributed by atoms with van der Waals surface area (Å²) in [5.41, 5.74) is 1.68. The molecule has 114 valence electrons. The first kappa shape index (κ1) is 15.7. The molecule has 0 amide bonds. The van der Waals surface area contributed by atoms with Crippen LogP contribution in [0.2, 0.25) is 0 Å². The van der Waals surface area contributed by atoms with Gasteiger partial charge in [-0.2, -0.15) is 0 Å². The van der Waals surface area contributed by atoms with Crippen LogP contribution in [0.5, 0.6) is 5.75 Å². The van der Waals surface area contributed by atoms with Crippen molar-refractivity contribution in [1.29, 1.82) is 0 Å². The van der Waals surface area contributed by atoms with Crippen LogP contribution in [0.4, 0.5) is 0 Å². The summed E-state index contributed by atoms with van der Waals surface area (Å²) in [4.78, 5) is 15.4. The molecule has 0 saturated carbocycles. The Morgan fingerprint density at radius 1 is 1.48 bits per heavy atom. The van der Waals surface area contributed by atoms with E-state index in [1.807, 2.05) is 18.2 Å². The third-order valence-corrected chi connectivity index (χ3v) is 4.55. The van der Waals surface area contributed by atoms with Gasteiger partial charge in [-0.25, -0.2) is 4.98 Å². The van der Waals surface area contributed by atoms with Crippen LogP contribution in [-0.2, 0) is 10.3 Å². The summed E-state index contributed by atoms with van der Waals surface area (Å²) in [6.45, 7) is 6.37. The number of thioether (sulfide) groups is 1. The number of benzene rings is 1.